The number of hydrogen-bond donors (Lipinski definition) is 1. The minimum absolute atomic E-state index is 0.0634. The van der Waals surface area contributed by atoms with Crippen LogP contribution in [0.25, 0.3) is 22.1 Å². The number of alkyl halides is 3. The Bertz CT molecular complexity index is 1230. The Hall–Kier alpha value is -3.24. The van der Waals surface area contributed by atoms with Crippen LogP contribution in [0.3, 0.4) is 0 Å². The SMILES string of the molecule is COCOc1cc2occ(-c3ccc(OC(F)(F)F)cc3)c(=O)c2c2c1CC(O)C(C)(C)O2. The minimum atomic E-state index is -4.82. The van der Waals surface area contributed by atoms with Gasteiger partial charge in [0.15, 0.2) is 6.79 Å². The lowest BCUT2D eigenvalue weighted by molar-refractivity contribution is -0.274. The number of benzene rings is 2. The second kappa shape index (κ2) is 8.27. The lowest BCUT2D eigenvalue weighted by atomic mass is 9.89. The molecule has 1 atom stereocenters. The Morgan fingerprint density at radius 2 is 1.91 bits per heavy atom. The molecule has 0 amide bonds. The summed E-state index contributed by atoms with van der Waals surface area (Å²) in [6, 6.07) is 6.40. The van der Waals surface area contributed by atoms with Crippen molar-refractivity contribution < 1.29 is 41.6 Å². The van der Waals surface area contributed by atoms with E-state index in [2.05, 4.69) is 4.74 Å². The van der Waals surface area contributed by atoms with Gasteiger partial charge in [0.1, 0.15) is 40.1 Å². The Labute approximate surface area is 186 Å². The Balaban J connectivity index is 1.86. The molecule has 10 heteroatoms. The van der Waals surface area contributed by atoms with Gasteiger partial charge in [-0.2, -0.15) is 0 Å². The molecule has 2 heterocycles. The number of ether oxygens (including phenoxy) is 4. The third-order valence-corrected chi connectivity index (χ3v) is 5.38. The van der Waals surface area contributed by atoms with E-state index in [9.17, 15) is 23.1 Å². The molecule has 0 fully saturated rings. The first-order valence-corrected chi connectivity index (χ1v) is 9.96. The predicted molar refractivity (Wildman–Crippen MR) is 112 cm³/mol. The maximum absolute atomic E-state index is 13.5. The highest BCUT2D eigenvalue weighted by Crippen LogP contribution is 2.43. The second-order valence-corrected chi connectivity index (χ2v) is 8.08. The molecule has 4 rings (SSSR count). The van der Waals surface area contributed by atoms with Crippen molar-refractivity contribution in [1.29, 1.82) is 0 Å². The van der Waals surface area contributed by atoms with Gasteiger partial charge in [-0.05, 0) is 31.5 Å². The van der Waals surface area contributed by atoms with Crippen LogP contribution in [0.5, 0.6) is 17.2 Å². The van der Waals surface area contributed by atoms with Gasteiger partial charge in [-0.1, -0.05) is 12.1 Å². The van der Waals surface area contributed by atoms with Gasteiger partial charge in [-0.15, -0.1) is 13.2 Å². The van der Waals surface area contributed by atoms with Gasteiger partial charge < -0.3 is 28.5 Å². The molecule has 0 spiro atoms. The lowest BCUT2D eigenvalue weighted by Gasteiger charge is -2.37. The molecule has 33 heavy (non-hydrogen) atoms. The minimum Gasteiger partial charge on any atom is -0.484 e. The summed E-state index contributed by atoms with van der Waals surface area (Å²) >= 11 is 0. The van der Waals surface area contributed by atoms with E-state index in [0.717, 1.165) is 12.1 Å². The molecule has 7 nitrogen and oxygen atoms in total. The highest BCUT2D eigenvalue weighted by Gasteiger charge is 2.39. The molecular weight excluding hydrogens is 445 g/mol. The van der Waals surface area contributed by atoms with Crippen LogP contribution < -0.4 is 19.6 Å². The van der Waals surface area contributed by atoms with Crippen molar-refractivity contribution in [3.63, 3.8) is 0 Å². The van der Waals surface area contributed by atoms with Crippen molar-refractivity contribution >= 4 is 11.0 Å². The second-order valence-electron chi connectivity index (χ2n) is 8.08. The van der Waals surface area contributed by atoms with Gasteiger partial charge in [-0.25, -0.2) is 0 Å². The number of hydrogen-bond acceptors (Lipinski definition) is 7. The summed E-state index contributed by atoms with van der Waals surface area (Å²) in [7, 11) is 1.46. The fraction of sp³-hybridized carbons (Fsp3) is 0.348. The van der Waals surface area contributed by atoms with E-state index in [4.69, 9.17) is 18.6 Å². The zero-order chi connectivity index (χ0) is 24.0. The summed E-state index contributed by atoms with van der Waals surface area (Å²) in [6.45, 7) is 3.33. The average Bonchev–Trinajstić information content (AvgIpc) is 2.73. The summed E-state index contributed by atoms with van der Waals surface area (Å²) in [6.07, 6.45) is -4.28. The summed E-state index contributed by atoms with van der Waals surface area (Å²) in [5, 5.41) is 10.7. The van der Waals surface area contributed by atoms with Gasteiger partial charge >= 0.3 is 6.36 Å². The molecule has 2 aromatic carbocycles. The van der Waals surface area contributed by atoms with Gasteiger partial charge in [0.2, 0.25) is 5.43 Å². The van der Waals surface area contributed by atoms with Crippen molar-refractivity contribution in [2.45, 2.75) is 38.3 Å². The predicted octanol–water partition coefficient (Wildman–Crippen LogP) is 4.42. The zero-order valence-electron chi connectivity index (χ0n) is 18.0. The topological polar surface area (TPSA) is 87.4 Å². The first kappa shape index (κ1) is 22.9. The molecule has 1 aromatic heterocycles. The highest BCUT2D eigenvalue weighted by atomic mass is 19.4. The maximum atomic E-state index is 13.5. The van der Waals surface area contributed by atoms with Gasteiger partial charge in [0, 0.05) is 25.2 Å². The number of methoxy groups -OCH3 is 1. The van der Waals surface area contributed by atoms with E-state index < -0.39 is 29.2 Å². The van der Waals surface area contributed by atoms with Crippen LogP contribution >= 0.6 is 0 Å². The van der Waals surface area contributed by atoms with Crippen LogP contribution in [0.1, 0.15) is 19.4 Å². The number of aliphatic hydroxyl groups is 1. The standard InChI is InChI=1S/C23H21F3O7/c1-22(2)18(27)8-14-16(31-11-29-3)9-17-19(21(14)33-22)20(28)15(10-30-17)12-4-6-13(7-5-12)32-23(24,25)26/h4-7,9-10,18,27H,8,11H2,1-3H3. The molecule has 0 bridgehead atoms. The normalized spacial score (nSPS) is 17.4. The largest absolute Gasteiger partial charge is 0.573 e. The van der Waals surface area contributed by atoms with Crippen molar-refractivity contribution in [3.05, 3.63) is 52.4 Å². The average molecular weight is 466 g/mol. The Morgan fingerprint density at radius 1 is 1.21 bits per heavy atom. The van der Waals surface area contributed by atoms with Crippen LogP contribution in [-0.4, -0.2) is 37.1 Å². The summed E-state index contributed by atoms with van der Waals surface area (Å²) in [5.41, 5.74) is -0.283. The van der Waals surface area contributed by atoms with Crippen LogP contribution in [0.4, 0.5) is 13.2 Å². The van der Waals surface area contributed by atoms with E-state index in [1.54, 1.807) is 13.8 Å². The first-order chi connectivity index (χ1) is 15.5. The van der Waals surface area contributed by atoms with E-state index >= 15 is 0 Å². The molecule has 1 aliphatic heterocycles. The van der Waals surface area contributed by atoms with Gasteiger partial charge in [0.25, 0.3) is 0 Å². The quantitative estimate of drug-likeness (QED) is 0.557. The van der Waals surface area contributed by atoms with Gasteiger partial charge in [-0.3, -0.25) is 4.79 Å². The highest BCUT2D eigenvalue weighted by molar-refractivity contribution is 5.90. The molecular formula is C23H21F3O7. The van der Waals surface area contributed by atoms with Crippen LogP contribution in [0, 0.1) is 0 Å². The third-order valence-electron chi connectivity index (χ3n) is 5.38. The van der Waals surface area contributed by atoms with Crippen LogP contribution in [0.15, 0.2) is 45.8 Å². The smallest absolute Gasteiger partial charge is 0.484 e. The van der Waals surface area contributed by atoms with Gasteiger partial charge in [0.05, 0.1) is 11.7 Å². The van der Waals surface area contributed by atoms with E-state index in [-0.39, 0.29) is 35.5 Å². The third kappa shape index (κ3) is 4.49. The summed E-state index contributed by atoms with van der Waals surface area (Å²) < 4.78 is 63.5. The maximum Gasteiger partial charge on any atom is 0.573 e. The summed E-state index contributed by atoms with van der Waals surface area (Å²) in [5.74, 6) is 0.160. The Kier molecular flexibility index (Phi) is 5.75. The molecule has 0 saturated heterocycles. The van der Waals surface area contributed by atoms with Crippen LogP contribution in [0.2, 0.25) is 0 Å². The van der Waals surface area contributed by atoms with E-state index in [1.165, 1.54) is 31.6 Å². The van der Waals surface area contributed by atoms with Crippen molar-refractivity contribution in [2.24, 2.45) is 0 Å². The van der Waals surface area contributed by atoms with Crippen molar-refractivity contribution in [2.75, 3.05) is 13.9 Å². The number of halogens is 3. The molecule has 1 unspecified atom stereocenters. The van der Waals surface area contributed by atoms with E-state index in [1.807, 2.05) is 0 Å². The van der Waals surface area contributed by atoms with Crippen LogP contribution in [-0.2, 0) is 11.2 Å². The molecule has 1 aliphatic rings. The monoisotopic (exact) mass is 466 g/mol. The van der Waals surface area contributed by atoms with E-state index in [0.29, 0.717) is 16.9 Å². The zero-order valence-corrected chi connectivity index (χ0v) is 18.0. The fourth-order valence-corrected chi connectivity index (χ4v) is 3.63. The molecule has 176 valence electrons. The first-order valence-electron chi connectivity index (χ1n) is 9.96. The molecule has 0 radical (unpaired) electrons. The molecule has 3 aromatic rings. The molecule has 0 aliphatic carbocycles. The number of fused-ring (bicyclic) bond motifs is 3. The summed E-state index contributed by atoms with van der Waals surface area (Å²) in [4.78, 5) is 13.5. The van der Waals surface area contributed by atoms with Crippen molar-refractivity contribution in [3.8, 4) is 28.4 Å². The fourth-order valence-electron chi connectivity index (χ4n) is 3.63. The molecule has 1 N–H and O–H groups in total. The lowest BCUT2D eigenvalue weighted by Crippen LogP contribution is -2.46. The van der Waals surface area contributed by atoms with Crippen molar-refractivity contribution in [1.82, 2.24) is 0 Å². The molecule has 0 saturated carbocycles. The number of aliphatic hydroxyl groups excluding tert-OH is 1. The Morgan fingerprint density at radius 3 is 2.55 bits per heavy atom. The number of rotatable bonds is 5.